The Hall–Kier alpha value is -3.92. The van der Waals surface area contributed by atoms with Crippen LogP contribution in [0.2, 0.25) is 0 Å². The van der Waals surface area contributed by atoms with Gasteiger partial charge in [-0.25, -0.2) is 0 Å². The number of anilines is 1. The Morgan fingerprint density at radius 3 is 2.35 bits per heavy atom. The van der Waals surface area contributed by atoms with E-state index in [-0.39, 0.29) is 36.0 Å². The van der Waals surface area contributed by atoms with Crippen molar-refractivity contribution < 1.29 is 22.8 Å². The standard InChI is InChI=1S/C30H32F3N5O2/c1-19(20-2-4-21(5-3-20)26-16-24(30(31,32)33)9-8-23(26)18-34)36-28(39)27-17-25(10-11-35-27)37-12-14-38(15-13-37)29(40)22-6-7-22/h2-5,8-11,16-17,19,22H,6-7,12-15,18,34H2,1H3,(H,36,39)/t19-/m1/s1. The Kier molecular flexibility index (Phi) is 7.80. The molecule has 5 rings (SSSR count). The summed E-state index contributed by atoms with van der Waals surface area (Å²) in [5.41, 5.74) is 8.67. The van der Waals surface area contributed by atoms with Crippen LogP contribution in [0.4, 0.5) is 18.9 Å². The first-order chi connectivity index (χ1) is 19.1. The molecule has 0 spiro atoms. The van der Waals surface area contributed by atoms with Gasteiger partial charge in [-0.2, -0.15) is 13.2 Å². The highest BCUT2D eigenvalue weighted by Crippen LogP contribution is 2.35. The molecule has 1 aliphatic carbocycles. The molecule has 40 heavy (non-hydrogen) atoms. The van der Waals surface area contributed by atoms with E-state index in [4.69, 9.17) is 5.73 Å². The summed E-state index contributed by atoms with van der Waals surface area (Å²) in [4.78, 5) is 33.7. The first-order valence-electron chi connectivity index (χ1n) is 13.4. The molecule has 0 unspecified atom stereocenters. The zero-order valence-corrected chi connectivity index (χ0v) is 22.2. The van der Waals surface area contributed by atoms with E-state index in [0.29, 0.717) is 42.9 Å². The number of rotatable bonds is 7. The predicted molar refractivity (Wildman–Crippen MR) is 146 cm³/mol. The summed E-state index contributed by atoms with van der Waals surface area (Å²) in [7, 11) is 0. The van der Waals surface area contributed by atoms with Gasteiger partial charge >= 0.3 is 6.18 Å². The fraction of sp³-hybridized carbons (Fsp3) is 0.367. The maximum atomic E-state index is 13.3. The number of piperazine rings is 1. The molecule has 2 fully saturated rings. The summed E-state index contributed by atoms with van der Waals surface area (Å²) < 4.78 is 39.8. The van der Waals surface area contributed by atoms with E-state index in [1.807, 2.05) is 17.9 Å². The van der Waals surface area contributed by atoms with Gasteiger partial charge in [-0.1, -0.05) is 30.3 Å². The van der Waals surface area contributed by atoms with E-state index in [9.17, 15) is 22.8 Å². The number of pyridine rings is 1. The van der Waals surface area contributed by atoms with Crippen molar-refractivity contribution in [1.82, 2.24) is 15.2 Å². The van der Waals surface area contributed by atoms with Crippen LogP contribution >= 0.6 is 0 Å². The fourth-order valence-corrected chi connectivity index (χ4v) is 5.02. The maximum Gasteiger partial charge on any atom is 0.416 e. The predicted octanol–water partition coefficient (Wildman–Crippen LogP) is 4.78. The van der Waals surface area contributed by atoms with Gasteiger partial charge in [-0.3, -0.25) is 14.6 Å². The minimum atomic E-state index is -4.45. The highest BCUT2D eigenvalue weighted by Gasteiger charge is 2.35. The topological polar surface area (TPSA) is 91.6 Å². The summed E-state index contributed by atoms with van der Waals surface area (Å²) in [5.74, 6) is 0.139. The van der Waals surface area contributed by atoms with Crippen LogP contribution < -0.4 is 16.0 Å². The van der Waals surface area contributed by atoms with Crippen molar-refractivity contribution in [3.05, 3.63) is 83.2 Å². The molecule has 2 heterocycles. The van der Waals surface area contributed by atoms with Crippen molar-refractivity contribution in [2.45, 2.75) is 38.5 Å². The van der Waals surface area contributed by atoms with Crippen molar-refractivity contribution in [3.63, 3.8) is 0 Å². The highest BCUT2D eigenvalue weighted by atomic mass is 19.4. The Morgan fingerprint density at radius 2 is 1.73 bits per heavy atom. The summed E-state index contributed by atoms with van der Waals surface area (Å²) in [6.07, 6.45) is -0.851. The van der Waals surface area contributed by atoms with Crippen molar-refractivity contribution in [1.29, 1.82) is 0 Å². The number of aromatic nitrogens is 1. The minimum Gasteiger partial charge on any atom is -0.368 e. The Balaban J connectivity index is 1.23. The Bertz CT molecular complexity index is 1380. The van der Waals surface area contributed by atoms with Crippen molar-refractivity contribution in [2.75, 3.05) is 31.1 Å². The number of nitrogens with one attached hydrogen (secondary N) is 1. The lowest BCUT2D eigenvalue weighted by atomic mass is 9.95. The van der Waals surface area contributed by atoms with Gasteiger partial charge < -0.3 is 20.9 Å². The SMILES string of the molecule is C[C@@H](NC(=O)c1cc(N2CCN(C(=O)C3CC3)CC2)ccn1)c1ccc(-c2cc(C(F)(F)F)ccc2CN)cc1. The number of alkyl halides is 3. The number of halogens is 3. The molecule has 1 aromatic heterocycles. The molecule has 1 saturated heterocycles. The van der Waals surface area contributed by atoms with E-state index in [0.717, 1.165) is 36.2 Å². The van der Waals surface area contributed by atoms with Gasteiger partial charge in [-0.05, 0) is 66.3 Å². The second kappa shape index (κ2) is 11.3. The van der Waals surface area contributed by atoms with Gasteiger partial charge in [-0.15, -0.1) is 0 Å². The molecule has 10 heteroatoms. The van der Waals surface area contributed by atoms with Gasteiger partial charge in [0.1, 0.15) is 5.69 Å². The molecule has 210 valence electrons. The lowest BCUT2D eigenvalue weighted by Crippen LogP contribution is -2.49. The molecular formula is C30H32F3N5O2. The quantitative estimate of drug-likeness (QED) is 0.441. The van der Waals surface area contributed by atoms with Crippen LogP contribution in [0, 0.1) is 5.92 Å². The summed E-state index contributed by atoms with van der Waals surface area (Å²) in [5, 5.41) is 2.95. The third-order valence-corrected chi connectivity index (χ3v) is 7.59. The molecule has 2 aromatic carbocycles. The lowest BCUT2D eigenvalue weighted by molar-refractivity contribution is -0.137. The van der Waals surface area contributed by atoms with Crippen LogP contribution in [-0.4, -0.2) is 47.9 Å². The highest BCUT2D eigenvalue weighted by molar-refractivity contribution is 5.93. The van der Waals surface area contributed by atoms with Crippen LogP contribution in [-0.2, 0) is 17.5 Å². The summed E-state index contributed by atoms with van der Waals surface area (Å²) in [6.45, 7) is 4.68. The Labute approximate surface area is 231 Å². The first kappa shape index (κ1) is 27.6. The van der Waals surface area contributed by atoms with Gasteiger partial charge in [0.2, 0.25) is 5.91 Å². The van der Waals surface area contributed by atoms with E-state index in [2.05, 4.69) is 15.2 Å². The third kappa shape index (κ3) is 6.12. The zero-order valence-electron chi connectivity index (χ0n) is 22.2. The van der Waals surface area contributed by atoms with Gasteiger partial charge in [0.25, 0.3) is 5.91 Å². The number of benzene rings is 2. The molecule has 3 N–H and O–H groups in total. The Morgan fingerprint density at radius 1 is 1.02 bits per heavy atom. The third-order valence-electron chi connectivity index (χ3n) is 7.59. The van der Waals surface area contributed by atoms with Crippen LogP contribution in [0.3, 0.4) is 0 Å². The molecule has 1 aliphatic heterocycles. The number of carbonyl (C=O) groups excluding carboxylic acids is 2. The number of nitrogens with zero attached hydrogens (tertiary/aromatic N) is 3. The number of nitrogens with two attached hydrogens (primary N) is 1. The average molecular weight is 552 g/mol. The number of hydrogen-bond donors (Lipinski definition) is 2. The molecule has 2 amide bonds. The molecule has 2 aliphatic rings. The van der Waals surface area contributed by atoms with Gasteiger partial charge in [0, 0.05) is 50.5 Å². The van der Waals surface area contributed by atoms with Gasteiger partial charge in [0.15, 0.2) is 0 Å². The van der Waals surface area contributed by atoms with Crippen LogP contribution in [0.15, 0.2) is 60.8 Å². The monoisotopic (exact) mass is 551 g/mol. The smallest absolute Gasteiger partial charge is 0.368 e. The number of hydrogen-bond acceptors (Lipinski definition) is 5. The van der Waals surface area contributed by atoms with E-state index in [1.54, 1.807) is 36.5 Å². The van der Waals surface area contributed by atoms with Crippen LogP contribution in [0.25, 0.3) is 11.1 Å². The van der Waals surface area contributed by atoms with Crippen molar-refractivity contribution in [3.8, 4) is 11.1 Å². The normalized spacial score (nSPS) is 16.5. The van der Waals surface area contributed by atoms with Crippen molar-refractivity contribution >= 4 is 17.5 Å². The lowest BCUT2D eigenvalue weighted by Gasteiger charge is -2.36. The van der Waals surface area contributed by atoms with E-state index in [1.165, 1.54) is 6.07 Å². The zero-order chi connectivity index (χ0) is 28.4. The summed E-state index contributed by atoms with van der Waals surface area (Å²) in [6, 6.07) is 13.9. The van der Waals surface area contributed by atoms with Crippen LogP contribution in [0.5, 0.6) is 0 Å². The molecule has 1 atom stereocenters. The number of carbonyl (C=O) groups is 2. The maximum absolute atomic E-state index is 13.3. The van der Waals surface area contributed by atoms with Gasteiger partial charge in [0.05, 0.1) is 11.6 Å². The molecule has 1 saturated carbocycles. The first-order valence-corrected chi connectivity index (χ1v) is 13.4. The molecule has 0 radical (unpaired) electrons. The largest absolute Gasteiger partial charge is 0.416 e. The van der Waals surface area contributed by atoms with Crippen molar-refractivity contribution in [2.24, 2.45) is 11.7 Å². The fourth-order valence-electron chi connectivity index (χ4n) is 5.02. The second-order valence-corrected chi connectivity index (χ2v) is 10.4. The van der Waals surface area contributed by atoms with E-state index >= 15 is 0 Å². The van der Waals surface area contributed by atoms with Crippen LogP contribution in [0.1, 0.15) is 53.0 Å². The van der Waals surface area contributed by atoms with E-state index < -0.39 is 11.7 Å². The molecule has 0 bridgehead atoms. The second-order valence-electron chi connectivity index (χ2n) is 10.4. The molecular weight excluding hydrogens is 519 g/mol. The summed E-state index contributed by atoms with van der Waals surface area (Å²) >= 11 is 0. The average Bonchev–Trinajstić information content (AvgIpc) is 3.82. The number of amides is 2. The molecule has 3 aromatic rings. The molecule has 7 nitrogen and oxygen atoms in total. The minimum absolute atomic E-state index is 0.113.